The molecule has 0 aromatic carbocycles. The lowest BCUT2D eigenvalue weighted by Crippen LogP contribution is -2.65. The lowest BCUT2D eigenvalue weighted by atomic mass is 9.97. The van der Waals surface area contributed by atoms with Crippen LogP contribution in [0.4, 0.5) is 0 Å². The van der Waals surface area contributed by atoms with E-state index in [1.165, 1.54) is 135 Å². The fourth-order valence-electron chi connectivity index (χ4n) is 9.60. The summed E-state index contributed by atoms with van der Waals surface area (Å²) in [6.45, 7) is 2.84. The molecule has 0 aromatic rings. The van der Waals surface area contributed by atoms with Crippen LogP contribution in [0.2, 0.25) is 0 Å². The maximum Gasteiger partial charge on any atom is 0.220 e. The van der Waals surface area contributed by atoms with Gasteiger partial charge in [-0.15, -0.1) is 0 Å². The Labute approximate surface area is 436 Å². The molecular formula is C58H107NO13. The highest BCUT2D eigenvalue weighted by Crippen LogP contribution is 2.30. The van der Waals surface area contributed by atoms with Gasteiger partial charge in [0, 0.05) is 6.42 Å². The number of unbranched alkanes of at least 4 members (excludes halogenated alkanes) is 27. The van der Waals surface area contributed by atoms with E-state index in [2.05, 4.69) is 55.6 Å². The molecule has 0 radical (unpaired) electrons. The van der Waals surface area contributed by atoms with E-state index in [4.69, 9.17) is 18.9 Å². The quantitative estimate of drug-likeness (QED) is 0.0205. The third kappa shape index (κ3) is 30.1. The van der Waals surface area contributed by atoms with Gasteiger partial charge in [-0.25, -0.2) is 0 Å². The van der Waals surface area contributed by atoms with E-state index in [9.17, 15) is 45.6 Å². The third-order valence-electron chi connectivity index (χ3n) is 14.4. The number of ether oxygens (including phenoxy) is 4. The number of hydrogen-bond acceptors (Lipinski definition) is 13. The molecule has 12 atom stereocenters. The van der Waals surface area contributed by atoms with Gasteiger partial charge in [-0.1, -0.05) is 211 Å². The van der Waals surface area contributed by atoms with Gasteiger partial charge in [0.2, 0.25) is 5.91 Å². The highest BCUT2D eigenvalue weighted by Gasteiger charge is 2.51. The summed E-state index contributed by atoms with van der Waals surface area (Å²) in [5, 5.41) is 87.1. The summed E-state index contributed by atoms with van der Waals surface area (Å²) in [4.78, 5) is 13.3. The first kappa shape index (κ1) is 66.3. The van der Waals surface area contributed by atoms with E-state index in [0.29, 0.717) is 12.8 Å². The number of nitrogens with one attached hydrogen (secondary N) is 1. The monoisotopic (exact) mass is 1030 g/mol. The number of carbonyl (C=O) groups excluding carboxylic acids is 1. The van der Waals surface area contributed by atoms with Gasteiger partial charge in [0.1, 0.15) is 48.8 Å². The van der Waals surface area contributed by atoms with E-state index in [1.54, 1.807) is 0 Å². The van der Waals surface area contributed by atoms with E-state index in [1.807, 2.05) is 0 Å². The Bertz CT molecular complexity index is 1350. The average molecular weight is 1030 g/mol. The zero-order valence-corrected chi connectivity index (χ0v) is 45.2. The fraction of sp³-hybridized carbons (Fsp3) is 0.879. The minimum Gasteiger partial charge on any atom is -0.394 e. The molecule has 12 unspecified atom stereocenters. The normalized spacial score (nSPS) is 25.8. The Morgan fingerprint density at radius 3 is 1.40 bits per heavy atom. The molecule has 0 bridgehead atoms. The van der Waals surface area contributed by atoms with Crippen LogP contribution >= 0.6 is 0 Å². The SMILES string of the molecule is CCCCCCC/C=C\C/C=C\C/C=C\CCCCCCCCCCCCC(=O)NC(COC1OC(CO)C(OC2OC(CO)C(O)C(O)C2O)C(O)C1O)C(O)CCCCCCCCCCCCCCC. The first-order valence-electron chi connectivity index (χ1n) is 29.2. The van der Waals surface area contributed by atoms with Crippen molar-refractivity contribution in [2.24, 2.45) is 0 Å². The van der Waals surface area contributed by atoms with Crippen molar-refractivity contribution in [3.8, 4) is 0 Å². The van der Waals surface area contributed by atoms with Gasteiger partial charge >= 0.3 is 0 Å². The van der Waals surface area contributed by atoms with Crippen LogP contribution < -0.4 is 5.32 Å². The molecule has 14 heteroatoms. The van der Waals surface area contributed by atoms with Gasteiger partial charge in [-0.2, -0.15) is 0 Å². The van der Waals surface area contributed by atoms with Crippen LogP contribution in [0, 0.1) is 0 Å². The Hall–Kier alpha value is -1.79. The van der Waals surface area contributed by atoms with Crippen molar-refractivity contribution in [1.29, 1.82) is 0 Å². The number of carbonyl (C=O) groups is 1. The molecule has 0 aromatic heterocycles. The number of amides is 1. The van der Waals surface area contributed by atoms with Gasteiger partial charge in [0.25, 0.3) is 0 Å². The predicted octanol–water partition coefficient (Wildman–Crippen LogP) is 9.44. The Balaban J connectivity index is 1.73. The highest BCUT2D eigenvalue weighted by atomic mass is 16.7. The van der Waals surface area contributed by atoms with E-state index >= 15 is 0 Å². The molecule has 1 amide bonds. The Morgan fingerprint density at radius 1 is 0.500 bits per heavy atom. The van der Waals surface area contributed by atoms with Gasteiger partial charge < -0.3 is 65.1 Å². The van der Waals surface area contributed by atoms with Crippen LogP contribution in [-0.4, -0.2) is 140 Å². The first-order chi connectivity index (χ1) is 35.1. The summed E-state index contributed by atoms with van der Waals surface area (Å²) in [6.07, 6.45) is 35.7. The van der Waals surface area contributed by atoms with E-state index < -0.39 is 86.8 Å². The number of hydrogen-bond donors (Lipinski definition) is 9. The Morgan fingerprint density at radius 2 is 0.917 bits per heavy atom. The molecular weight excluding hydrogens is 919 g/mol. The van der Waals surface area contributed by atoms with Crippen LogP contribution in [-0.2, 0) is 23.7 Å². The number of rotatable bonds is 46. The second-order valence-electron chi connectivity index (χ2n) is 20.8. The maximum absolute atomic E-state index is 13.3. The predicted molar refractivity (Wildman–Crippen MR) is 286 cm³/mol. The molecule has 422 valence electrons. The molecule has 72 heavy (non-hydrogen) atoms. The highest BCUT2D eigenvalue weighted by molar-refractivity contribution is 5.76. The fourth-order valence-corrected chi connectivity index (χ4v) is 9.60. The number of aliphatic hydroxyl groups excluding tert-OH is 8. The number of aliphatic hydroxyl groups is 8. The van der Waals surface area contributed by atoms with Crippen molar-refractivity contribution in [2.45, 2.75) is 306 Å². The van der Waals surface area contributed by atoms with Crippen LogP contribution in [0.25, 0.3) is 0 Å². The van der Waals surface area contributed by atoms with Crippen molar-refractivity contribution in [2.75, 3.05) is 19.8 Å². The summed E-state index contributed by atoms with van der Waals surface area (Å²) in [5.74, 6) is -0.211. The Kier molecular flexibility index (Phi) is 40.9. The topological polar surface area (TPSA) is 228 Å². The molecule has 14 nitrogen and oxygen atoms in total. The molecule has 0 spiro atoms. The molecule has 2 aliphatic rings. The molecule has 2 saturated heterocycles. The molecule has 2 aliphatic heterocycles. The van der Waals surface area contributed by atoms with Gasteiger partial charge in [-0.3, -0.25) is 4.79 Å². The smallest absolute Gasteiger partial charge is 0.220 e. The van der Waals surface area contributed by atoms with Crippen LogP contribution in [0.1, 0.15) is 232 Å². The van der Waals surface area contributed by atoms with Crippen molar-refractivity contribution < 1.29 is 64.6 Å². The lowest BCUT2D eigenvalue weighted by Gasteiger charge is -2.46. The van der Waals surface area contributed by atoms with Crippen molar-refractivity contribution in [3.05, 3.63) is 36.5 Å². The molecule has 2 fully saturated rings. The number of allylic oxidation sites excluding steroid dienone is 6. The minimum absolute atomic E-state index is 0.211. The minimum atomic E-state index is -1.78. The summed E-state index contributed by atoms with van der Waals surface area (Å²) in [6, 6.07) is -0.830. The molecule has 2 rings (SSSR count). The largest absolute Gasteiger partial charge is 0.394 e. The second kappa shape index (κ2) is 44.3. The van der Waals surface area contributed by atoms with Gasteiger partial charge in [-0.05, 0) is 51.4 Å². The van der Waals surface area contributed by atoms with E-state index in [0.717, 1.165) is 70.6 Å². The van der Waals surface area contributed by atoms with Gasteiger partial charge in [0.05, 0.1) is 32.0 Å². The van der Waals surface area contributed by atoms with Crippen molar-refractivity contribution in [1.82, 2.24) is 5.32 Å². The van der Waals surface area contributed by atoms with Crippen LogP contribution in [0.15, 0.2) is 36.5 Å². The maximum atomic E-state index is 13.3. The molecule has 2 heterocycles. The van der Waals surface area contributed by atoms with Crippen LogP contribution in [0.3, 0.4) is 0 Å². The average Bonchev–Trinajstić information content (AvgIpc) is 3.38. The molecule has 0 aliphatic carbocycles. The molecule has 0 saturated carbocycles. The summed E-state index contributed by atoms with van der Waals surface area (Å²) in [7, 11) is 0. The summed E-state index contributed by atoms with van der Waals surface area (Å²) < 4.78 is 22.8. The third-order valence-corrected chi connectivity index (χ3v) is 14.4. The molecule has 9 N–H and O–H groups in total. The first-order valence-corrected chi connectivity index (χ1v) is 29.2. The standard InChI is InChI=1S/C58H107NO13/c1-3-5-7-9-11-13-15-17-18-19-20-21-22-23-24-25-26-27-28-30-32-34-36-38-40-42-50(63)59-46(47(62)41-39-37-35-33-31-29-16-14-12-10-8-6-4-2)45-69-57-55(68)53(66)56(49(44-61)71-57)72-58-54(67)52(65)51(64)48(43-60)70-58/h15,17,19-20,22-23,46-49,51-58,60-62,64-68H,3-14,16,18,21,24-45H2,1-2H3,(H,59,63)/b17-15-,20-19-,23-22-. The zero-order valence-electron chi connectivity index (χ0n) is 45.2. The van der Waals surface area contributed by atoms with Gasteiger partial charge in [0.15, 0.2) is 12.6 Å². The van der Waals surface area contributed by atoms with Crippen LogP contribution in [0.5, 0.6) is 0 Å². The summed E-state index contributed by atoms with van der Waals surface area (Å²) in [5.41, 5.74) is 0. The summed E-state index contributed by atoms with van der Waals surface area (Å²) >= 11 is 0. The lowest BCUT2D eigenvalue weighted by molar-refractivity contribution is -0.359. The second-order valence-corrected chi connectivity index (χ2v) is 20.8. The van der Waals surface area contributed by atoms with Crippen molar-refractivity contribution in [3.63, 3.8) is 0 Å². The van der Waals surface area contributed by atoms with Crippen molar-refractivity contribution >= 4 is 5.91 Å². The van der Waals surface area contributed by atoms with E-state index in [-0.39, 0.29) is 12.5 Å². The zero-order chi connectivity index (χ0) is 52.4.